The van der Waals surface area contributed by atoms with Crippen molar-refractivity contribution in [3.05, 3.63) is 65.2 Å². The molecule has 3 N–H and O–H groups in total. The molecule has 11 heteroatoms. The maximum Gasteiger partial charge on any atom is 0.408 e. The van der Waals surface area contributed by atoms with Crippen LogP contribution in [0.15, 0.2) is 48.5 Å². The number of likely N-dealkylation sites (N-methyl/N-ethyl adjacent to an activating group) is 1. The molecule has 3 amide bonds. The minimum atomic E-state index is -1.36. The lowest BCUT2D eigenvalue weighted by Gasteiger charge is -2.34. The Labute approximate surface area is 259 Å². The lowest BCUT2D eigenvalue weighted by Crippen LogP contribution is -2.55. The Bertz CT molecular complexity index is 1270. The molecule has 3 atom stereocenters. The molecule has 2 aromatic carbocycles. The Kier molecular flexibility index (Phi) is 12.5. The molecule has 0 aliphatic carbocycles. The van der Waals surface area contributed by atoms with Crippen LogP contribution in [0, 0.1) is 6.92 Å². The highest BCUT2D eigenvalue weighted by Crippen LogP contribution is 2.32. The monoisotopic (exact) mass is 615 g/mol. The first-order valence-corrected chi connectivity index (χ1v) is 14.9. The summed E-state index contributed by atoms with van der Waals surface area (Å²) in [6.07, 6.45) is -0.684. The van der Waals surface area contributed by atoms with Gasteiger partial charge in [0, 0.05) is 24.3 Å². The number of amides is 3. The summed E-state index contributed by atoms with van der Waals surface area (Å²) in [5.74, 6) is -2.24. The lowest BCUT2D eigenvalue weighted by molar-refractivity contribution is -0.159. The number of nitrogens with one attached hydrogen (secondary N) is 2. The molecular weight excluding hydrogens is 570 g/mol. The largest absolute Gasteiger partial charge is 0.507 e. The number of hydrogen-bond acceptors (Lipinski definition) is 8. The molecule has 0 fully saturated rings. The smallest absolute Gasteiger partial charge is 0.408 e. The number of para-hydroxylation sites is 1. The van der Waals surface area contributed by atoms with Crippen LogP contribution in [0.3, 0.4) is 0 Å². The number of phenols is 1. The number of carbonyl (C=O) groups excluding carboxylic acids is 4. The van der Waals surface area contributed by atoms with Gasteiger partial charge in [-0.25, -0.2) is 9.59 Å². The van der Waals surface area contributed by atoms with Gasteiger partial charge in [-0.1, -0.05) is 48.5 Å². The van der Waals surface area contributed by atoms with Crippen molar-refractivity contribution < 1.29 is 33.8 Å². The molecule has 236 valence electrons. The molecule has 0 aromatic heterocycles. The number of alkyl carbamates (subject to hydrolysis) is 1. The molecule has 3 unspecified atom stereocenters. The highest BCUT2D eigenvalue weighted by atomic mass is 32.1. The van der Waals surface area contributed by atoms with E-state index in [9.17, 15) is 24.3 Å². The topological polar surface area (TPSA) is 134 Å². The molecular formula is C32H45N3O7S. The molecule has 43 heavy (non-hydrogen) atoms. The third-order valence-corrected chi connectivity index (χ3v) is 6.57. The van der Waals surface area contributed by atoms with E-state index in [0.717, 1.165) is 5.56 Å². The fourth-order valence-electron chi connectivity index (χ4n) is 4.32. The van der Waals surface area contributed by atoms with Crippen LogP contribution in [0.4, 0.5) is 4.79 Å². The summed E-state index contributed by atoms with van der Waals surface area (Å²) >= 11 is 4.27. The summed E-state index contributed by atoms with van der Waals surface area (Å²) in [5.41, 5.74) is -0.184. The van der Waals surface area contributed by atoms with Crippen molar-refractivity contribution in [3.8, 4) is 5.75 Å². The summed E-state index contributed by atoms with van der Waals surface area (Å²) in [6, 6.07) is 10.4. The van der Waals surface area contributed by atoms with Gasteiger partial charge < -0.3 is 30.1 Å². The van der Waals surface area contributed by atoms with Crippen LogP contribution in [-0.4, -0.2) is 69.5 Å². The zero-order valence-electron chi connectivity index (χ0n) is 26.3. The van der Waals surface area contributed by atoms with E-state index in [1.807, 2.05) is 30.3 Å². The number of aryl methyl sites for hydroxylation is 1. The Balaban J connectivity index is 2.53. The van der Waals surface area contributed by atoms with Crippen molar-refractivity contribution in [2.75, 3.05) is 12.3 Å². The summed E-state index contributed by atoms with van der Waals surface area (Å²) in [4.78, 5) is 55.1. The van der Waals surface area contributed by atoms with Gasteiger partial charge in [0.1, 0.15) is 35.1 Å². The molecule has 2 rings (SSSR count). The SMILES string of the molecule is CCN(C(=O)C(CS)NC(=O)OC(C)(C)C)C(C(=O)NC(Cc1ccccc1)C(=O)OC(C)(C)C)c1cccc(C)c1O. The predicted molar refractivity (Wildman–Crippen MR) is 168 cm³/mol. The van der Waals surface area contributed by atoms with Crippen LogP contribution < -0.4 is 10.6 Å². The van der Waals surface area contributed by atoms with Crippen LogP contribution >= 0.6 is 12.6 Å². The Morgan fingerprint density at radius 2 is 1.49 bits per heavy atom. The van der Waals surface area contributed by atoms with Crippen LogP contribution in [0.5, 0.6) is 5.75 Å². The molecule has 0 bridgehead atoms. The van der Waals surface area contributed by atoms with Crippen molar-refractivity contribution in [1.82, 2.24) is 15.5 Å². The molecule has 10 nitrogen and oxygen atoms in total. The summed E-state index contributed by atoms with van der Waals surface area (Å²) in [6.45, 7) is 13.6. The normalized spacial score (nSPS) is 13.7. The molecule has 0 heterocycles. The van der Waals surface area contributed by atoms with Gasteiger partial charge in [-0.2, -0.15) is 12.6 Å². The van der Waals surface area contributed by atoms with Crippen molar-refractivity contribution in [2.24, 2.45) is 0 Å². The third-order valence-electron chi connectivity index (χ3n) is 6.21. The zero-order chi connectivity index (χ0) is 32.5. The van der Waals surface area contributed by atoms with Crippen LogP contribution in [0.2, 0.25) is 0 Å². The molecule has 0 aliphatic heterocycles. The van der Waals surface area contributed by atoms with Crippen molar-refractivity contribution in [1.29, 1.82) is 0 Å². The van der Waals surface area contributed by atoms with E-state index in [1.165, 1.54) is 4.90 Å². The van der Waals surface area contributed by atoms with Gasteiger partial charge in [-0.3, -0.25) is 9.59 Å². The predicted octanol–water partition coefficient (Wildman–Crippen LogP) is 4.48. The van der Waals surface area contributed by atoms with Gasteiger partial charge in [-0.05, 0) is 66.5 Å². The maximum absolute atomic E-state index is 14.1. The number of hydrogen-bond donors (Lipinski definition) is 4. The first kappa shape index (κ1) is 35.5. The quantitative estimate of drug-likeness (QED) is 0.216. The van der Waals surface area contributed by atoms with Gasteiger partial charge in [0.15, 0.2) is 0 Å². The minimum Gasteiger partial charge on any atom is -0.507 e. The Morgan fingerprint density at radius 1 is 0.884 bits per heavy atom. The Morgan fingerprint density at radius 3 is 2.02 bits per heavy atom. The number of benzene rings is 2. The maximum atomic E-state index is 14.1. The fraction of sp³-hybridized carbons (Fsp3) is 0.500. The number of aromatic hydroxyl groups is 1. The van der Waals surface area contributed by atoms with Crippen LogP contribution in [0.1, 0.15) is 71.2 Å². The van der Waals surface area contributed by atoms with Crippen molar-refractivity contribution in [3.63, 3.8) is 0 Å². The van der Waals surface area contributed by atoms with E-state index in [4.69, 9.17) is 9.47 Å². The molecule has 0 spiro atoms. The summed E-state index contributed by atoms with van der Waals surface area (Å²) in [7, 11) is 0. The molecule has 0 radical (unpaired) electrons. The van der Waals surface area contributed by atoms with Gasteiger partial charge in [0.05, 0.1) is 0 Å². The number of rotatable bonds is 11. The van der Waals surface area contributed by atoms with E-state index in [-0.39, 0.29) is 30.0 Å². The summed E-state index contributed by atoms with van der Waals surface area (Å²) in [5, 5.41) is 16.3. The number of carbonyl (C=O) groups is 4. The van der Waals surface area contributed by atoms with E-state index in [1.54, 1.807) is 73.6 Å². The lowest BCUT2D eigenvalue weighted by atomic mass is 9.98. The number of nitrogens with zero attached hydrogens (tertiary/aromatic N) is 1. The van der Waals surface area contributed by atoms with Gasteiger partial charge in [-0.15, -0.1) is 0 Å². The fourth-order valence-corrected chi connectivity index (χ4v) is 4.57. The van der Waals surface area contributed by atoms with E-state index < -0.39 is 53.2 Å². The number of phenolic OH excluding ortho intramolecular Hbond substituents is 1. The first-order valence-electron chi connectivity index (χ1n) is 14.2. The molecule has 0 saturated heterocycles. The van der Waals surface area contributed by atoms with Crippen molar-refractivity contribution >= 4 is 36.5 Å². The minimum absolute atomic E-state index is 0.0281. The number of esters is 1. The van der Waals surface area contributed by atoms with Gasteiger partial charge >= 0.3 is 12.1 Å². The second-order valence-electron chi connectivity index (χ2n) is 12.2. The second-order valence-corrected chi connectivity index (χ2v) is 12.6. The molecule has 0 saturated carbocycles. The van der Waals surface area contributed by atoms with Crippen molar-refractivity contribution in [2.45, 2.75) is 91.1 Å². The number of ether oxygens (including phenoxy) is 2. The number of thiol groups is 1. The van der Waals surface area contributed by atoms with E-state index >= 15 is 0 Å². The average molecular weight is 616 g/mol. The van der Waals surface area contributed by atoms with E-state index in [2.05, 4.69) is 23.3 Å². The van der Waals surface area contributed by atoms with E-state index in [0.29, 0.717) is 5.56 Å². The van der Waals surface area contributed by atoms with Crippen LogP contribution in [-0.2, 0) is 30.3 Å². The highest BCUT2D eigenvalue weighted by Gasteiger charge is 2.38. The molecule has 0 aliphatic rings. The summed E-state index contributed by atoms with van der Waals surface area (Å²) < 4.78 is 10.9. The van der Waals surface area contributed by atoms with Gasteiger partial charge in [0.25, 0.3) is 0 Å². The van der Waals surface area contributed by atoms with Gasteiger partial charge in [0.2, 0.25) is 11.8 Å². The highest BCUT2D eigenvalue weighted by molar-refractivity contribution is 7.80. The standard InChI is InChI=1S/C32H45N3O7S/c1-9-35(28(38)24(19-43)34-30(40)42-32(6,7)8)25(22-17-13-14-20(2)26(22)36)27(37)33-23(29(39)41-31(3,4)5)18-21-15-11-10-12-16-21/h10-17,23-25,36,43H,9,18-19H2,1-8H3,(H,33,37)(H,34,40). The third kappa shape index (κ3) is 10.8. The Hall–Kier alpha value is -3.73. The first-order chi connectivity index (χ1) is 20.0. The second kappa shape index (κ2) is 15.1. The van der Waals surface area contributed by atoms with Crippen LogP contribution in [0.25, 0.3) is 0 Å². The average Bonchev–Trinajstić information content (AvgIpc) is 2.90. The molecule has 2 aromatic rings. The zero-order valence-corrected chi connectivity index (χ0v) is 27.2.